The molecular weight excluding hydrogens is 606 g/mol. The molecule has 2 rings (SSSR count). The number of esters is 1. The largest absolute Gasteiger partial charge is 0.462 e. The Balaban J connectivity index is 1.93. The Morgan fingerprint density at radius 2 is 1.39 bits per heavy atom. The number of carbonyl (C=O) groups is 3. The van der Waals surface area contributed by atoms with Crippen LogP contribution in [0.15, 0.2) is 8.73 Å². The predicted molar refractivity (Wildman–Crippen MR) is 151 cm³/mol. The van der Waals surface area contributed by atoms with Gasteiger partial charge >= 0.3 is 5.97 Å². The maximum Gasteiger partial charge on any atom is 0.319 e. The second kappa shape index (κ2) is 15.4. The standard InChI is InChI=1S/C23H41N3O12S3/c1-12(27)11-39-17(23(33)38-10-16-22(32)20(30)14(9-37-16)26-41(4,5)35)6-18(28)24-7-15-21(31)19(29)13(8-36-15)25-40(2,3)34/h13-17,19-22,29-32H,6-11H2,1-5H3,(H,24,28)/t13-,14-,15+,16?,17?,19+,20+,21-,22-/m0/s1. The van der Waals surface area contributed by atoms with Gasteiger partial charge in [0.25, 0.3) is 0 Å². The second-order valence-electron chi connectivity index (χ2n) is 10.6. The van der Waals surface area contributed by atoms with Gasteiger partial charge in [-0.15, -0.1) is 11.8 Å². The lowest BCUT2D eigenvalue weighted by molar-refractivity contribution is -0.172. The molecule has 1 amide bonds. The maximum atomic E-state index is 12.8. The SMILES string of the molecule is CC(=O)CSC(CC(=O)NC[C@H]1OC[C@H](N=S(C)(C)=O)[C@@H](O)[C@H]1O)C(=O)OCC1OC[C@H](N=S(C)(C)=O)[C@@H](O)[C@H]1O. The Hall–Kier alpha value is -1.38. The molecule has 0 saturated carbocycles. The minimum atomic E-state index is -2.57. The van der Waals surface area contributed by atoms with Crippen LogP contribution in [0.2, 0.25) is 0 Å². The lowest BCUT2D eigenvalue weighted by atomic mass is 9.98. The predicted octanol–water partition coefficient (Wildman–Crippen LogP) is -2.84. The van der Waals surface area contributed by atoms with Gasteiger partial charge < -0.3 is 40.0 Å². The second-order valence-corrected chi connectivity index (χ2v) is 16.9. The molecule has 0 aromatic rings. The topological polar surface area (TPSA) is 231 Å². The Bertz CT molecular complexity index is 1170. The van der Waals surface area contributed by atoms with Crippen molar-refractivity contribution in [2.75, 3.05) is 57.1 Å². The molecule has 238 valence electrons. The van der Waals surface area contributed by atoms with Gasteiger partial charge in [0.2, 0.25) is 5.91 Å². The van der Waals surface area contributed by atoms with Crippen LogP contribution in [-0.4, -0.2) is 158 Å². The minimum Gasteiger partial charge on any atom is -0.462 e. The van der Waals surface area contributed by atoms with Gasteiger partial charge in [0.05, 0.1) is 19.0 Å². The molecule has 15 nitrogen and oxygen atoms in total. The van der Waals surface area contributed by atoms with E-state index in [2.05, 4.69) is 14.0 Å². The van der Waals surface area contributed by atoms with Crippen molar-refractivity contribution in [1.29, 1.82) is 0 Å². The van der Waals surface area contributed by atoms with Crippen LogP contribution in [-0.2, 0) is 48.1 Å². The van der Waals surface area contributed by atoms with Gasteiger partial charge in [0, 0.05) is 57.4 Å². The molecule has 0 aromatic carbocycles. The van der Waals surface area contributed by atoms with Gasteiger partial charge in [-0.05, 0) is 6.92 Å². The summed E-state index contributed by atoms with van der Waals surface area (Å²) in [6, 6.07) is -1.82. The number of nitrogens with one attached hydrogen (secondary N) is 1. The van der Waals surface area contributed by atoms with Crippen molar-refractivity contribution in [3.8, 4) is 0 Å². The normalized spacial score (nSPS) is 31.5. The van der Waals surface area contributed by atoms with E-state index in [-0.39, 0.29) is 31.3 Å². The molecule has 2 unspecified atom stereocenters. The van der Waals surface area contributed by atoms with Crippen LogP contribution >= 0.6 is 11.8 Å². The van der Waals surface area contributed by atoms with E-state index in [9.17, 15) is 43.2 Å². The van der Waals surface area contributed by atoms with Gasteiger partial charge in [-0.3, -0.25) is 22.8 Å². The molecule has 0 spiro atoms. The number of ether oxygens (including phenoxy) is 3. The first-order valence-electron chi connectivity index (χ1n) is 12.7. The highest BCUT2D eigenvalue weighted by Gasteiger charge is 2.41. The van der Waals surface area contributed by atoms with Crippen LogP contribution in [0.1, 0.15) is 13.3 Å². The van der Waals surface area contributed by atoms with Crippen molar-refractivity contribution >= 4 is 48.9 Å². The number of thioether (sulfide) groups is 1. The van der Waals surface area contributed by atoms with E-state index in [0.29, 0.717) is 0 Å². The van der Waals surface area contributed by atoms with E-state index in [1.165, 1.54) is 31.9 Å². The van der Waals surface area contributed by atoms with Crippen molar-refractivity contribution in [3.63, 3.8) is 0 Å². The average molecular weight is 648 g/mol. The molecule has 2 aliphatic heterocycles. The Morgan fingerprint density at radius 1 is 0.902 bits per heavy atom. The van der Waals surface area contributed by atoms with Gasteiger partial charge in [0.15, 0.2) is 0 Å². The van der Waals surface area contributed by atoms with Crippen LogP contribution in [0.5, 0.6) is 0 Å². The van der Waals surface area contributed by atoms with Crippen molar-refractivity contribution in [2.24, 2.45) is 8.73 Å². The Morgan fingerprint density at radius 3 is 1.88 bits per heavy atom. The van der Waals surface area contributed by atoms with Crippen LogP contribution in [0, 0.1) is 0 Å². The molecule has 41 heavy (non-hydrogen) atoms. The first kappa shape index (κ1) is 35.8. The first-order valence-corrected chi connectivity index (χ1v) is 18.4. The van der Waals surface area contributed by atoms with Crippen LogP contribution in [0.3, 0.4) is 0 Å². The van der Waals surface area contributed by atoms with Crippen LogP contribution in [0.4, 0.5) is 0 Å². The highest BCUT2D eigenvalue weighted by molar-refractivity contribution is 8.01. The quantitative estimate of drug-likeness (QED) is 0.135. The third-order valence-electron chi connectivity index (χ3n) is 6.00. The van der Waals surface area contributed by atoms with E-state index in [1.807, 2.05) is 0 Å². The van der Waals surface area contributed by atoms with E-state index in [1.54, 1.807) is 0 Å². The molecule has 2 saturated heterocycles. The van der Waals surface area contributed by atoms with Gasteiger partial charge in [0.1, 0.15) is 66.3 Å². The van der Waals surface area contributed by atoms with Gasteiger partial charge in [-0.1, -0.05) is 0 Å². The molecule has 18 heteroatoms. The van der Waals surface area contributed by atoms with E-state index in [0.717, 1.165) is 11.8 Å². The fraction of sp³-hybridized carbons (Fsp3) is 0.870. The number of rotatable bonds is 12. The number of hydrogen-bond acceptors (Lipinski definition) is 15. The fourth-order valence-corrected chi connectivity index (χ4v) is 6.62. The summed E-state index contributed by atoms with van der Waals surface area (Å²) in [5, 5.41) is 42.8. The highest BCUT2D eigenvalue weighted by Crippen LogP contribution is 2.22. The summed E-state index contributed by atoms with van der Waals surface area (Å²) in [4.78, 5) is 36.9. The number of aliphatic hydroxyl groups is 4. The molecular formula is C23H41N3O12S3. The fourth-order valence-electron chi connectivity index (χ4n) is 4.04. The lowest BCUT2D eigenvalue weighted by Gasteiger charge is -2.36. The number of ketones is 1. The van der Waals surface area contributed by atoms with Gasteiger partial charge in [-0.25, -0.2) is 8.73 Å². The molecule has 5 N–H and O–H groups in total. The van der Waals surface area contributed by atoms with E-state index < -0.39 is 98.3 Å². The number of hydrogen-bond donors (Lipinski definition) is 5. The van der Waals surface area contributed by atoms with Crippen molar-refractivity contribution in [1.82, 2.24) is 5.32 Å². The summed E-state index contributed by atoms with van der Waals surface area (Å²) >= 11 is 0.884. The number of Topliss-reactive ketones (excluding diaryl/α,β-unsaturated/α-hetero) is 1. The van der Waals surface area contributed by atoms with E-state index >= 15 is 0 Å². The third-order valence-corrected chi connectivity index (χ3v) is 8.89. The zero-order valence-electron chi connectivity index (χ0n) is 23.6. The number of amides is 1. The van der Waals surface area contributed by atoms with Crippen LogP contribution in [0.25, 0.3) is 0 Å². The molecule has 2 heterocycles. The monoisotopic (exact) mass is 647 g/mol. The zero-order chi connectivity index (χ0) is 31.1. The lowest BCUT2D eigenvalue weighted by Crippen LogP contribution is -2.55. The van der Waals surface area contributed by atoms with Crippen molar-refractivity contribution < 1.29 is 57.4 Å². The first-order chi connectivity index (χ1) is 18.9. The summed E-state index contributed by atoms with van der Waals surface area (Å²) < 4.78 is 47.9. The number of aliphatic hydroxyl groups excluding tert-OH is 4. The van der Waals surface area contributed by atoms with Crippen molar-refractivity contribution in [2.45, 2.75) is 67.3 Å². The molecule has 2 aliphatic rings. The summed E-state index contributed by atoms with van der Waals surface area (Å²) in [7, 11) is -5.11. The van der Waals surface area contributed by atoms with Gasteiger partial charge in [-0.2, -0.15) is 0 Å². The molecule has 0 radical (unpaired) electrons. The van der Waals surface area contributed by atoms with Crippen molar-refractivity contribution in [3.05, 3.63) is 0 Å². The smallest absolute Gasteiger partial charge is 0.319 e. The van der Waals surface area contributed by atoms with E-state index in [4.69, 9.17) is 14.2 Å². The maximum absolute atomic E-state index is 12.8. The molecule has 0 aromatic heterocycles. The number of carbonyl (C=O) groups excluding carboxylic acids is 3. The van der Waals surface area contributed by atoms with Crippen LogP contribution < -0.4 is 5.32 Å². The molecule has 0 aliphatic carbocycles. The summed E-state index contributed by atoms with van der Waals surface area (Å²) in [6.45, 7) is 0.389. The summed E-state index contributed by atoms with van der Waals surface area (Å²) in [5.74, 6) is -1.80. The molecule has 2 fully saturated rings. The Kier molecular flexibility index (Phi) is 13.4. The molecule has 0 bridgehead atoms. The number of nitrogens with zero attached hydrogens (tertiary/aromatic N) is 2. The Labute approximate surface area is 244 Å². The minimum absolute atomic E-state index is 0.0790. The zero-order valence-corrected chi connectivity index (χ0v) is 26.1. The third kappa shape index (κ3) is 12.0. The molecule has 9 atom stereocenters. The summed E-state index contributed by atoms with van der Waals surface area (Å²) in [5.41, 5.74) is 0. The summed E-state index contributed by atoms with van der Waals surface area (Å²) in [6.07, 6.45) is -2.58. The average Bonchev–Trinajstić information content (AvgIpc) is 2.84. The highest BCUT2D eigenvalue weighted by atomic mass is 32.2.